The van der Waals surface area contributed by atoms with Crippen LogP contribution in [0.15, 0.2) is 0 Å². The van der Waals surface area contributed by atoms with Crippen LogP contribution < -0.4 is 5.73 Å². The van der Waals surface area contributed by atoms with Gasteiger partial charge in [-0.05, 0) is 58.0 Å². The van der Waals surface area contributed by atoms with Crippen molar-refractivity contribution in [2.75, 3.05) is 19.6 Å². The average Bonchev–Trinajstić information content (AvgIpc) is 2.18. The van der Waals surface area contributed by atoms with Crippen molar-refractivity contribution in [3.05, 3.63) is 0 Å². The summed E-state index contributed by atoms with van der Waals surface area (Å²) in [7, 11) is 0. The molecule has 0 aromatic heterocycles. The fraction of sp³-hybridized carbons (Fsp3) is 1.00. The molecular weight excluding hydrogens is 172 g/mol. The minimum atomic E-state index is 0.525. The molecule has 84 valence electrons. The molecule has 1 aliphatic heterocycles. The van der Waals surface area contributed by atoms with E-state index in [1.165, 1.54) is 38.8 Å². The van der Waals surface area contributed by atoms with Gasteiger partial charge in [0.1, 0.15) is 0 Å². The maximum Gasteiger partial charge on any atom is 0.00411 e. The van der Waals surface area contributed by atoms with Crippen molar-refractivity contribution >= 4 is 0 Å². The molecule has 2 heteroatoms. The van der Waals surface area contributed by atoms with Crippen LogP contribution in [0.1, 0.15) is 46.5 Å². The molecule has 1 aliphatic rings. The summed E-state index contributed by atoms with van der Waals surface area (Å²) in [5.41, 5.74) is 6.25. The van der Waals surface area contributed by atoms with Crippen molar-refractivity contribution in [2.45, 2.75) is 52.5 Å². The normalized spacial score (nSPS) is 29.8. The second-order valence-electron chi connectivity index (χ2n) is 5.06. The Bertz CT molecular complexity index is 164. The zero-order chi connectivity index (χ0) is 10.6. The highest BCUT2D eigenvalue weighted by atomic mass is 15.2. The van der Waals surface area contributed by atoms with Gasteiger partial charge >= 0.3 is 0 Å². The number of nitrogens with two attached hydrogens (primary N) is 1. The second kappa shape index (κ2) is 5.13. The predicted octanol–water partition coefficient (Wildman–Crippen LogP) is 2.24. The van der Waals surface area contributed by atoms with Crippen molar-refractivity contribution in [2.24, 2.45) is 11.1 Å². The van der Waals surface area contributed by atoms with Gasteiger partial charge in [0.2, 0.25) is 0 Å². The lowest BCUT2D eigenvalue weighted by Gasteiger charge is -2.44. The lowest BCUT2D eigenvalue weighted by Crippen LogP contribution is -2.46. The molecule has 0 aromatic carbocycles. The Morgan fingerprint density at radius 1 is 1.43 bits per heavy atom. The van der Waals surface area contributed by atoms with E-state index in [1.54, 1.807) is 0 Å². The largest absolute Gasteiger partial charge is 0.330 e. The molecule has 14 heavy (non-hydrogen) atoms. The fourth-order valence-electron chi connectivity index (χ4n) is 2.66. The van der Waals surface area contributed by atoms with Crippen molar-refractivity contribution < 1.29 is 0 Å². The standard InChI is InChI=1S/C12H26N2/c1-4-12(7-8-13)6-5-9-14(10-12)11(2)3/h11H,4-10,13H2,1-3H3. The number of piperidine rings is 1. The number of hydrogen-bond donors (Lipinski definition) is 1. The van der Waals surface area contributed by atoms with Crippen LogP contribution in [0, 0.1) is 5.41 Å². The lowest BCUT2D eigenvalue weighted by atomic mass is 9.74. The topological polar surface area (TPSA) is 29.3 Å². The Balaban J connectivity index is 2.59. The summed E-state index contributed by atoms with van der Waals surface area (Å²) in [6.07, 6.45) is 5.22. The molecule has 1 saturated heterocycles. The van der Waals surface area contributed by atoms with E-state index in [1.807, 2.05) is 0 Å². The van der Waals surface area contributed by atoms with E-state index in [0.29, 0.717) is 11.5 Å². The fourth-order valence-corrected chi connectivity index (χ4v) is 2.66. The Hall–Kier alpha value is -0.0800. The lowest BCUT2D eigenvalue weighted by molar-refractivity contribution is 0.0574. The minimum absolute atomic E-state index is 0.525. The summed E-state index contributed by atoms with van der Waals surface area (Å²) in [5.74, 6) is 0. The Morgan fingerprint density at radius 2 is 2.14 bits per heavy atom. The molecule has 0 saturated carbocycles. The molecule has 0 aromatic rings. The number of rotatable bonds is 4. The summed E-state index contributed by atoms with van der Waals surface area (Å²) in [6.45, 7) is 10.3. The Labute approximate surface area is 88.8 Å². The van der Waals surface area contributed by atoms with Crippen LogP contribution in [0.3, 0.4) is 0 Å². The van der Waals surface area contributed by atoms with Crippen LogP contribution in [0.5, 0.6) is 0 Å². The molecular formula is C12H26N2. The van der Waals surface area contributed by atoms with E-state index in [0.717, 1.165) is 6.54 Å². The zero-order valence-corrected chi connectivity index (χ0v) is 10.1. The highest BCUT2D eigenvalue weighted by molar-refractivity contribution is 4.87. The molecule has 0 bridgehead atoms. The van der Waals surface area contributed by atoms with Gasteiger partial charge in [-0.15, -0.1) is 0 Å². The third kappa shape index (κ3) is 2.71. The van der Waals surface area contributed by atoms with Gasteiger partial charge in [-0.1, -0.05) is 6.92 Å². The zero-order valence-electron chi connectivity index (χ0n) is 10.1. The molecule has 1 fully saturated rings. The minimum Gasteiger partial charge on any atom is -0.330 e. The van der Waals surface area contributed by atoms with Crippen LogP contribution in [0.2, 0.25) is 0 Å². The van der Waals surface area contributed by atoms with Crippen LogP contribution in [0.4, 0.5) is 0 Å². The Kier molecular flexibility index (Phi) is 4.39. The first kappa shape index (κ1) is 12.0. The van der Waals surface area contributed by atoms with Gasteiger partial charge in [0, 0.05) is 12.6 Å². The van der Waals surface area contributed by atoms with Crippen LogP contribution in [-0.2, 0) is 0 Å². The molecule has 1 unspecified atom stereocenters. The summed E-state index contributed by atoms with van der Waals surface area (Å²) in [5, 5.41) is 0. The first-order chi connectivity index (χ1) is 6.63. The third-order valence-corrected chi connectivity index (χ3v) is 3.85. The van der Waals surface area contributed by atoms with Crippen LogP contribution >= 0.6 is 0 Å². The van der Waals surface area contributed by atoms with E-state index in [4.69, 9.17) is 5.73 Å². The van der Waals surface area contributed by atoms with Gasteiger partial charge in [-0.3, -0.25) is 0 Å². The van der Waals surface area contributed by atoms with Gasteiger partial charge < -0.3 is 10.6 Å². The van der Waals surface area contributed by atoms with Gasteiger partial charge in [-0.25, -0.2) is 0 Å². The second-order valence-corrected chi connectivity index (χ2v) is 5.06. The number of hydrogen-bond acceptors (Lipinski definition) is 2. The molecule has 2 nitrogen and oxygen atoms in total. The number of nitrogens with zero attached hydrogens (tertiary/aromatic N) is 1. The van der Waals surface area contributed by atoms with Crippen molar-refractivity contribution in [3.63, 3.8) is 0 Å². The van der Waals surface area contributed by atoms with Crippen molar-refractivity contribution in [1.82, 2.24) is 4.90 Å². The Morgan fingerprint density at radius 3 is 2.64 bits per heavy atom. The molecule has 1 heterocycles. The highest BCUT2D eigenvalue weighted by Gasteiger charge is 2.33. The van der Waals surface area contributed by atoms with Crippen LogP contribution in [-0.4, -0.2) is 30.6 Å². The quantitative estimate of drug-likeness (QED) is 0.750. The van der Waals surface area contributed by atoms with Gasteiger partial charge in [0.15, 0.2) is 0 Å². The SMILES string of the molecule is CCC1(CCN)CCCN(C(C)C)C1. The maximum absolute atomic E-state index is 5.72. The maximum atomic E-state index is 5.72. The smallest absolute Gasteiger partial charge is 0.00411 e. The van der Waals surface area contributed by atoms with E-state index in [9.17, 15) is 0 Å². The molecule has 0 aliphatic carbocycles. The first-order valence-electron chi connectivity index (χ1n) is 6.07. The van der Waals surface area contributed by atoms with E-state index in [-0.39, 0.29) is 0 Å². The van der Waals surface area contributed by atoms with E-state index < -0.39 is 0 Å². The van der Waals surface area contributed by atoms with Gasteiger partial charge in [-0.2, -0.15) is 0 Å². The van der Waals surface area contributed by atoms with Crippen molar-refractivity contribution in [1.29, 1.82) is 0 Å². The molecule has 1 rings (SSSR count). The number of likely N-dealkylation sites (tertiary alicyclic amines) is 1. The molecule has 0 radical (unpaired) electrons. The first-order valence-corrected chi connectivity index (χ1v) is 6.07. The van der Waals surface area contributed by atoms with Gasteiger partial charge in [0.25, 0.3) is 0 Å². The molecule has 2 N–H and O–H groups in total. The molecule has 1 atom stereocenters. The summed E-state index contributed by atoms with van der Waals surface area (Å²) >= 11 is 0. The third-order valence-electron chi connectivity index (χ3n) is 3.85. The summed E-state index contributed by atoms with van der Waals surface area (Å²) < 4.78 is 0. The summed E-state index contributed by atoms with van der Waals surface area (Å²) in [4.78, 5) is 2.61. The monoisotopic (exact) mass is 198 g/mol. The van der Waals surface area contributed by atoms with E-state index >= 15 is 0 Å². The summed E-state index contributed by atoms with van der Waals surface area (Å²) in [6, 6.07) is 0.694. The molecule has 0 amide bonds. The van der Waals surface area contributed by atoms with Crippen LogP contribution in [0.25, 0.3) is 0 Å². The average molecular weight is 198 g/mol. The van der Waals surface area contributed by atoms with Crippen molar-refractivity contribution in [3.8, 4) is 0 Å². The van der Waals surface area contributed by atoms with E-state index in [2.05, 4.69) is 25.7 Å². The molecule has 0 spiro atoms. The highest BCUT2D eigenvalue weighted by Crippen LogP contribution is 2.36. The predicted molar refractivity (Wildman–Crippen MR) is 62.3 cm³/mol. The van der Waals surface area contributed by atoms with Gasteiger partial charge in [0.05, 0.1) is 0 Å².